The van der Waals surface area contributed by atoms with E-state index in [1.807, 2.05) is 54.6 Å². The van der Waals surface area contributed by atoms with Crippen LogP contribution in [0.2, 0.25) is 0 Å². The molecule has 3 aromatic rings. The van der Waals surface area contributed by atoms with E-state index in [-0.39, 0.29) is 18.3 Å². The molecule has 0 radical (unpaired) electrons. The lowest BCUT2D eigenvalue weighted by atomic mass is 10.0. The number of phenolic OH excluding ortho intramolecular Hbond substituents is 1. The molecule has 0 spiro atoms. The fourth-order valence-corrected chi connectivity index (χ4v) is 2.85. The topological polar surface area (TPSA) is 70.9 Å². The zero-order valence-corrected chi connectivity index (χ0v) is 15.3. The van der Waals surface area contributed by atoms with Crippen molar-refractivity contribution in [3.05, 3.63) is 71.8 Å². The van der Waals surface area contributed by atoms with Gasteiger partial charge in [0.05, 0.1) is 6.21 Å². The first kappa shape index (κ1) is 18.5. The maximum Gasteiger partial charge on any atom is 0.277 e. The number of ether oxygens (including phenoxy) is 1. The molecule has 27 heavy (non-hydrogen) atoms. The third-order valence-electron chi connectivity index (χ3n) is 4.23. The number of para-hydroxylation sites is 1. The molecule has 3 aromatic carbocycles. The molecule has 1 amide bonds. The van der Waals surface area contributed by atoms with Crippen LogP contribution in [0.5, 0.6) is 11.5 Å². The molecule has 0 aliphatic rings. The summed E-state index contributed by atoms with van der Waals surface area (Å²) in [4.78, 5) is 12.0. The SMILES string of the molecule is CC(C)c1ccccc1OCC(=O)NN=Cc1c(O)ccc2ccccc12. The zero-order valence-electron chi connectivity index (χ0n) is 15.3. The van der Waals surface area contributed by atoms with Gasteiger partial charge in [0.2, 0.25) is 0 Å². The van der Waals surface area contributed by atoms with Gasteiger partial charge in [-0.05, 0) is 34.4 Å². The highest BCUT2D eigenvalue weighted by atomic mass is 16.5. The lowest BCUT2D eigenvalue weighted by Gasteiger charge is -2.13. The number of aromatic hydroxyl groups is 1. The van der Waals surface area contributed by atoms with Gasteiger partial charge in [-0.2, -0.15) is 5.10 Å². The molecule has 0 saturated carbocycles. The van der Waals surface area contributed by atoms with Crippen molar-refractivity contribution in [1.82, 2.24) is 5.43 Å². The maximum atomic E-state index is 12.0. The van der Waals surface area contributed by atoms with Crippen molar-refractivity contribution in [2.45, 2.75) is 19.8 Å². The Kier molecular flexibility index (Phi) is 5.71. The Morgan fingerprint density at radius 2 is 1.85 bits per heavy atom. The third-order valence-corrected chi connectivity index (χ3v) is 4.23. The molecule has 5 nitrogen and oxygen atoms in total. The quantitative estimate of drug-likeness (QED) is 0.510. The molecule has 0 aliphatic heterocycles. The molecule has 0 unspecified atom stereocenters. The molecule has 0 saturated heterocycles. The Morgan fingerprint density at radius 1 is 1.11 bits per heavy atom. The Morgan fingerprint density at radius 3 is 2.67 bits per heavy atom. The van der Waals surface area contributed by atoms with Crippen LogP contribution in [0.25, 0.3) is 10.8 Å². The van der Waals surface area contributed by atoms with Gasteiger partial charge in [0.1, 0.15) is 11.5 Å². The van der Waals surface area contributed by atoms with Gasteiger partial charge >= 0.3 is 0 Å². The maximum absolute atomic E-state index is 12.0. The van der Waals surface area contributed by atoms with Crippen LogP contribution in [0.4, 0.5) is 0 Å². The van der Waals surface area contributed by atoms with Gasteiger partial charge in [0, 0.05) is 5.56 Å². The summed E-state index contributed by atoms with van der Waals surface area (Å²) in [5.74, 6) is 0.730. The Balaban J connectivity index is 1.64. The smallest absolute Gasteiger partial charge is 0.277 e. The fourth-order valence-electron chi connectivity index (χ4n) is 2.85. The number of carbonyl (C=O) groups is 1. The van der Waals surface area contributed by atoms with Crippen molar-refractivity contribution >= 4 is 22.9 Å². The summed E-state index contributed by atoms with van der Waals surface area (Å²) < 4.78 is 5.62. The summed E-state index contributed by atoms with van der Waals surface area (Å²) in [5.41, 5.74) is 4.04. The average Bonchev–Trinajstić information content (AvgIpc) is 2.68. The highest BCUT2D eigenvalue weighted by Gasteiger charge is 2.09. The summed E-state index contributed by atoms with van der Waals surface area (Å²) in [6, 6.07) is 18.8. The van der Waals surface area contributed by atoms with Gasteiger partial charge in [0.15, 0.2) is 6.61 Å². The minimum absolute atomic E-state index is 0.105. The summed E-state index contributed by atoms with van der Waals surface area (Å²) in [5, 5.41) is 15.9. The lowest BCUT2D eigenvalue weighted by Crippen LogP contribution is -2.24. The van der Waals surface area contributed by atoms with Crippen LogP contribution in [0.15, 0.2) is 65.8 Å². The number of benzene rings is 3. The first-order valence-corrected chi connectivity index (χ1v) is 8.80. The van der Waals surface area contributed by atoms with Crippen LogP contribution >= 0.6 is 0 Å². The monoisotopic (exact) mass is 362 g/mol. The second-order valence-corrected chi connectivity index (χ2v) is 6.49. The van der Waals surface area contributed by atoms with Crippen LogP contribution in [-0.4, -0.2) is 23.8 Å². The summed E-state index contributed by atoms with van der Waals surface area (Å²) in [6.07, 6.45) is 1.44. The first-order valence-electron chi connectivity index (χ1n) is 8.80. The van der Waals surface area contributed by atoms with E-state index in [9.17, 15) is 9.90 Å². The van der Waals surface area contributed by atoms with Gasteiger partial charge in [-0.3, -0.25) is 4.79 Å². The number of amides is 1. The normalized spacial score (nSPS) is 11.2. The van der Waals surface area contributed by atoms with Crippen LogP contribution in [0, 0.1) is 0 Å². The van der Waals surface area contributed by atoms with E-state index in [1.165, 1.54) is 6.21 Å². The predicted octanol–water partition coefficient (Wildman–Crippen LogP) is 4.20. The first-order chi connectivity index (χ1) is 13.1. The van der Waals surface area contributed by atoms with E-state index in [2.05, 4.69) is 24.4 Å². The van der Waals surface area contributed by atoms with Gasteiger partial charge < -0.3 is 9.84 Å². The average molecular weight is 362 g/mol. The summed E-state index contributed by atoms with van der Waals surface area (Å²) in [7, 11) is 0. The molecular formula is C22H22N2O3. The van der Waals surface area contributed by atoms with E-state index in [0.717, 1.165) is 16.3 Å². The minimum atomic E-state index is -0.371. The molecule has 0 atom stereocenters. The number of hydrogen-bond acceptors (Lipinski definition) is 4. The van der Waals surface area contributed by atoms with Gasteiger partial charge in [-0.1, -0.05) is 62.4 Å². The number of nitrogens with one attached hydrogen (secondary N) is 1. The van der Waals surface area contributed by atoms with E-state index < -0.39 is 0 Å². The second kappa shape index (κ2) is 8.36. The lowest BCUT2D eigenvalue weighted by molar-refractivity contribution is -0.123. The van der Waals surface area contributed by atoms with Crippen LogP contribution in [0.3, 0.4) is 0 Å². The Labute approximate surface area is 158 Å². The molecule has 3 rings (SSSR count). The van der Waals surface area contributed by atoms with E-state index in [1.54, 1.807) is 6.07 Å². The van der Waals surface area contributed by atoms with Gasteiger partial charge in [-0.15, -0.1) is 0 Å². The zero-order chi connectivity index (χ0) is 19.2. The van der Waals surface area contributed by atoms with Crippen LogP contribution < -0.4 is 10.2 Å². The van der Waals surface area contributed by atoms with Gasteiger partial charge in [-0.25, -0.2) is 5.43 Å². The Hall–Kier alpha value is -3.34. The largest absolute Gasteiger partial charge is 0.507 e. The fraction of sp³-hybridized carbons (Fsp3) is 0.182. The molecule has 2 N–H and O–H groups in total. The highest BCUT2D eigenvalue weighted by molar-refractivity contribution is 6.02. The molecule has 0 fully saturated rings. The van der Waals surface area contributed by atoms with Crippen molar-refractivity contribution < 1.29 is 14.6 Å². The predicted molar refractivity (Wildman–Crippen MR) is 107 cm³/mol. The second-order valence-electron chi connectivity index (χ2n) is 6.49. The molecular weight excluding hydrogens is 340 g/mol. The summed E-state index contributed by atoms with van der Waals surface area (Å²) in [6.45, 7) is 4.01. The number of carbonyl (C=O) groups excluding carboxylic acids is 1. The van der Waals surface area contributed by atoms with Crippen molar-refractivity contribution in [2.24, 2.45) is 5.10 Å². The number of phenols is 1. The number of fused-ring (bicyclic) bond motifs is 1. The summed E-state index contributed by atoms with van der Waals surface area (Å²) >= 11 is 0. The molecule has 0 heterocycles. The molecule has 138 valence electrons. The number of nitrogens with zero attached hydrogens (tertiary/aromatic N) is 1. The molecule has 0 aromatic heterocycles. The molecule has 5 heteroatoms. The van der Waals surface area contributed by atoms with Crippen molar-refractivity contribution in [3.63, 3.8) is 0 Å². The minimum Gasteiger partial charge on any atom is -0.507 e. The van der Waals surface area contributed by atoms with Crippen molar-refractivity contribution in [1.29, 1.82) is 0 Å². The number of hydrogen-bond donors (Lipinski definition) is 2. The van der Waals surface area contributed by atoms with E-state index >= 15 is 0 Å². The Bertz CT molecular complexity index is 980. The highest BCUT2D eigenvalue weighted by Crippen LogP contribution is 2.26. The molecule has 0 bridgehead atoms. The van der Waals surface area contributed by atoms with Crippen molar-refractivity contribution in [3.8, 4) is 11.5 Å². The number of hydrazone groups is 1. The molecule has 0 aliphatic carbocycles. The van der Waals surface area contributed by atoms with Gasteiger partial charge in [0.25, 0.3) is 5.91 Å². The van der Waals surface area contributed by atoms with Crippen LogP contribution in [-0.2, 0) is 4.79 Å². The van der Waals surface area contributed by atoms with E-state index in [0.29, 0.717) is 17.2 Å². The standard InChI is InChI=1S/C22H22N2O3/c1-15(2)17-8-5-6-10-21(17)27-14-22(26)24-23-13-19-18-9-4-3-7-16(18)11-12-20(19)25/h3-13,15,25H,14H2,1-2H3,(H,24,26). The van der Waals surface area contributed by atoms with Crippen molar-refractivity contribution in [2.75, 3.05) is 6.61 Å². The van der Waals surface area contributed by atoms with E-state index in [4.69, 9.17) is 4.74 Å². The third kappa shape index (κ3) is 4.44. The number of rotatable bonds is 6. The van der Waals surface area contributed by atoms with Crippen LogP contribution in [0.1, 0.15) is 30.9 Å².